The third kappa shape index (κ3) is 5.08. The van der Waals surface area contributed by atoms with Crippen LogP contribution in [0, 0.1) is 0 Å². The van der Waals surface area contributed by atoms with Gasteiger partial charge in [0.15, 0.2) is 5.82 Å². The molecule has 3 aromatic rings. The summed E-state index contributed by atoms with van der Waals surface area (Å²) in [6.45, 7) is 2.42. The number of sulfonamides is 1. The highest BCUT2D eigenvalue weighted by Crippen LogP contribution is 2.24. The molecular formula is C19H20Cl2N4O3S. The van der Waals surface area contributed by atoms with Gasteiger partial charge >= 0.3 is 6.01 Å². The van der Waals surface area contributed by atoms with Gasteiger partial charge in [0.1, 0.15) is 0 Å². The summed E-state index contributed by atoms with van der Waals surface area (Å²) in [5.74, 6) is 0.455. The Morgan fingerprint density at radius 2 is 1.62 bits per heavy atom. The van der Waals surface area contributed by atoms with Crippen molar-refractivity contribution >= 4 is 33.2 Å². The van der Waals surface area contributed by atoms with Crippen LogP contribution in [0.1, 0.15) is 24.4 Å². The maximum absolute atomic E-state index is 13.0. The summed E-state index contributed by atoms with van der Waals surface area (Å²) in [4.78, 5) is 0.109. The highest BCUT2D eigenvalue weighted by atomic mass is 35.5. The summed E-state index contributed by atoms with van der Waals surface area (Å²) in [6, 6.07) is 12.8. The Morgan fingerprint density at radius 3 is 2.17 bits per heavy atom. The molecule has 0 aliphatic rings. The van der Waals surface area contributed by atoms with Crippen LogP contribution in [-0.2, 0) is 23.0 Å². The summed E-state index contributed by atoms with van der Waals surface area (Å²) in [7, 11) is -2.34. The van der Waals surface area contributed by atoms with Crippen molar-refractivity contribution in [1.82, 2.24) is 19.5 Å². The first-order valence-corrected chi connectivity index (χ1v) is 11.1. The van der Waals surface area contributed by atoms with Crippen LogP contribution in [0.15, 0.2) is 53.4 Å². The Hall–Kier alpha value is -2.13. The zero-order chi connectivity index (χ0) is 21.0. The highest BCUT2D eigenvalue weighted by Gasteiger charge is 2.27. The van der Waals surface area contributed by atoms with Crippen molar-refractivity contribution in [3.05, 3.63) is 70.0 Å². The van der Waals surface area contributed by atoms with E-state index in [1.54, 1.807) is 16.7 Å². The molecule has 154 valence electrons. The quantitative estimate of drug-likeness (QED) is 0.557. The number of rotatable bonds is 8. The van der Waals surface area contributed by atoms with E-state index in [0.717, 1.165) is 5.56 Å². The van der Waals surface area contributed by atoms with Gasteiger partial charge in [0.25, 0.3) is 0 Å². The van der Waals surface area contributed by atoms with Crippen LogP contribution < -0.4 is 9.46 Å². The molecule has 0 fully saturated rings. The molecule has 0 amide bonds. The highest BCUT2D eigenvalue weighted by molar-refractivity contribution is 7.89. The lowest BCUT2D eigenvalue weighted by atomic mass is 10.1. The fourth-order valence-electron chi connectivity index (χ4n) is 2.92. The van der Waals surface area contributed by atoms with Crippen LogP contribution in [0.2, 0.25) is 10.0 Å². The lowest BCUT2D eigenvalue weighted by Crippen LogP contribution is -2.32. The first-order valence-electron chi connectivity index (χ1n) is 8.83. The van der Waals surface area contributed by atoms with Gasteiger partial charge in [-0.1, -0.05) is 40.4 Å². The molecule has 1 unspecified atom stereocenters. The van der Waals surface area contributed by atoms with E-state index in [0.29, 0.717) is 34.8 Å². The zero-order valence-electron chi connectivity index (χ0n) is 15.8. The number of hydrogen-bond donors (Lipinski definition) is 1. The smallest absolute Gasteiger partial charge is 0.316 e. The average Bonchev–Trinajstić information content (AvgIpc) is 3.12. The van der Waals surface area contributed by atoms with E-state index < -0.39 is 16.1 Å². The summed E-state index contributed by atoms with van der Waals surface area (Å²) in [5, 5.41) is 9.25. The molecule has 3 rings (SSSR count). The number of aromatic nitrogens is 3. The lowest BCUT2D eigenvalue weighted by molar-refractivity contribution is 0.354. The number of ether oxygens (including phenoxy) is 1. The second kappa shape index (κ2) is 9.13. The number of methoxy groups -OCH3 is 1. The summed E-state index contributed by atoms with van der Waals surface area (Å²) in [5.41, 5.74) is 0.892. The largest absolute Gasteiger partial charge is 0.467 e. The monoisotopic (exact) mass is 454 g/mol. The molecule has 1 heterocycles. The maximum Gasteiger partial charge on any atom is 0.316 e. The number of benzene rings is 2. The fraction of sp³-hybridized carbons (Fsp3) is 0.263. The second-order valence-electron chi connectivity index (χ2n) is 6.25. The van der Waals surface area contributed by atoms with Crippen LogP contribution in [0.5, 0.6) is 6.01 Å². The number of nitrogens with one attached hydrogen (secondary N) is 1. The third-order valence-electron chi connectivity index (χ3n) is 4.33. The van der Waals surface area contributed by atoms with E-state index in [1.165, 1.54) is 31.4 Å². The summed E-state index contributed by atoms with van der Waals surface area (Å²) < 4.78 is 35.7. The van der Waals surface area contributed by atoms with Gasteiger partial charge in [0.2, 0.25) is 10.0 Å². The number of nitrogens with zero attached hydrogens (tertiary/aromatic N) is 3. The predicted octanol–water partition coefficient (Wildman–Crippen LogP) is 3.88. The number of halogens is 2. The topological polar surface area (TPSA) is 86.1 Å². The Balaban J connectivity index is 1.99. The van der Waals surface area contributed by atoms with Crippen molar-refractivity contribution in [3.8, 4) is 6.01 Å². The molecule has 10 heteroatoms. The van der Waals surface area contributed by atoms with Crippen molar-refractivity contribution in [2.75, 3.05) is 7.11 Å². The van der Waals surface area contributed by atoms with Crippen molar-refractivity contribution in [3.63, 3.8) is 0 Å². The van der Waals surface area contributed by atoms with Gasteiger partial charge in [-0.05, 0) is 55.3 Å². The predicted molar refractivity (Wildman–Crippen MR) is 112 cm³/mol. The minimum atomic E-state index is -3.83. The number of hydrogen-bond acceptors (Lipinski definition) is 5. The van der Waals surface area contributed by atoms with E-state index in [-0.39, 0.29) is 4.90 Å². The van der Waals surface area contributed by atoms with Crippen molar-refractivity contribution in [2.24, 2.45) is 0 Å². The van der Waals surface area contributed by atoms with Crippen LogP contribution in [-0.4, -0.2) is 30.3 Å². The van der Waals surface area contributed by atoms with Crippen molar-refractivity contribution < 1.29 is 13.2 Å². The first-order chi connectivity index (χ1) is 13.8. The second-order valence-corrected chi connectivity index (χ2v) is 8.83. The minimum Gasteiger partial charge on any atom is -0.467 e. The van der Waals surface area contributed by atoms with Crippen LogP contribution >= 0.6 is 23.2 Å². The average molecular weight is 455 g/mol. The van der Waals surface area contributed by atoms with Gasteiger partial charge in [-0.2, -0.15) is 0 Å². The molecular weight excluding hydrogens is 435 g/mol. The molecule has 0 aliphatic carbocycles. The molecule has 0 saturated heterocycles. The molecule has 0 aliphatic heterocycles. The molecule has 0 saturated carbocycles. The fourth-order valence-corrected chi connectivity index (χ4v) is 4.36. The van der Waals surface area contributed by atoms with E-state index in [1.807, 2.05) is 19.1 Å². The first kappa shape index (κ1) is 21.6. The van der Waals surface area contributed by atoms with Gasteiger partial charge < -0.3 is 4.74 Å². The van der Waals surface area contributed by atoms with E-state index in [2.05, 4.69) is 14.9 Å². The molecule has 7 nitrogen and oxygen atoms in total. The van der Waals surface area contributed by atoms with Crippen LogP contribution in [0.25, 0.3) is 0 Å². The minimum absolute atomic E-state index is 0.109. The van der Waals surface area contributed by atoms with Gasteiger partial charge in [-0.15, -0.1) is 5.10 Å². The van der Waals surface area contributed by atoms with Crippen LogP contribution in [0.4, 0.5) is 0 Å². The van der Waals surface area contributed by atoms with E-state index in [9.17, 15) is 8.42 Å². The van der Waals surface area contributed by atoms with Gasteiger partial charge in [0.05, 0.1) is 18.0 Å². The standard InChI is InChI=1S/C19H20Cl2N4O3S/c1-3-25-18(22-23-19(25)28-2)17(12-13-4-6-14(20)7-5-13)24-29(26,27)16-10-8-15(21)9-11-16/h4-11,17,24H,3,12H2,1-2H3. The van der Waals surface area contributed by atoms with Crippen molar-refractivity contribution in [2.45, 2.75) is 30.8 Å². The molecule has 2 aromatic carbocycles. The Bertz CT molecular complexity index is 1070. The molecule has 1 aromatic heterocycles. The molecule has 0 spiro atoms. The van der Waals surface area contributed by atoms with Crippen LogP contribution in [0.3, 0.4) is 0 Å². The molecule has 1 atom stereocenters. The molecule has 29 heavy (non-hydrogen) atoms. The van der Waals surface area contributed by atoms with Gasteiger partial charge in [-0.3, -0.25) is 4.57 Å². The maximum atomic E-state index is 13.0. The molecule has 0 bridgehead atoms. The summed E-state index contributed by atoms with van der Waals surface area (Å²) >= 11 is 11.8. The normalized spacial score (nSPS) is 12.7. The third-order valence-corrected chi connectivity index (χ3v) is 6.32. The zero-order valence-corrected chi connectivity index (χ0v) is 18.2. The Kier molecular flexibility index (Phi) is 6.79. The van der Waals surface area contributed by atoms with Gasteiger partial charge in [0, 0.05) is 16.6 Å². The van der Waals surface area contributed by atoms with Crippen molar-refractivity contribution in [1.29, 1.82) is 0 Å². The lowest BCUT2D eigenvalue weighted by Gasteiger charge is -2.19. The van der Waals surface area contributed by atoms with E-state index in [4.69, 9.17) is 27.9 Å². The molecule has 0 radical (unpaired) electrons. The van der Waals surface area contributed by atoms with E-state index >= 15 is 0 Å². The van der Waals surface area contributed by atoms with Gasteiger partial charge in [-0.25, -0.2) is 13.1 Å². The summed E-state index contributed by atoms with van der Waals surface area (Å²) in [6.07, 6.45) is 0.353. The molecule has 1 N–H and O–H groups in total. The Morgan fingerprint density at radius 1 is 1.03 bits per heavy atom. The SMILES string of the molecule is CCn1c(OC)nnc1C(Cc1ccc(Cl)cc1)NS(=O)(=O)c1ccc(Cl)cc1. The Labute approximate surface area is 179 Å².